The van der Waals surface area contributed by atoms with Crippen LogP contribution in [-0.4, -0.2) is 23.8 Å². The lowest BCUT2D eigenvalue weighted by Gasteiger charge is -2.17. The van der Waals surface area contributed by atoms with Crippen LogP contribution in [0.2, 0.25) is 0 Å². The first-order valence-electron chi connectivity index (χ1n) is 6.20. The van der Waals surface area contributed by atoms with Gasteiger partial charge in [-0.15, -0.1) is 0 Å². The molecule has 0 fully saturated rings. The molecule has 0 amide bonds. The van der Waals surface area contributed by atoms with E-state index in [2.05, 4.69) is 10.3 Å². The van der Waals surface area contributed by atoms with E-state index in [1.807, 2.05) is 36.4 Å². The van der Waals surface area contributed by atoms with Gasteiger partial charge in [0.25, 0.3) is 0 Å². The number of ether oxygens (including phenoxy) is 1. The molecule has 0 aliphatic heterocycles. The zero-order chi connectivity index (χ0) is 13.5. The quantitative estimate of drug-likeness (QED) is 0.831. The van der Waals surface area contributed by atoms with E-state index in [9.17, 15) is 5.11 Å². The highest BCUT2D eigenvalue weighted by atomic mass is 16.5. The van der Waals surface area contributed by atoms with Gasteiger partial charge < -0.3 is 15.2 Å². The fourth-order valence-electron chi connectivity index (χ4n) is 1.89. The molecular weight excluding hydrogens is 240 g/mol. The third-order valence-corrected chi connectivity index (χ3v) is 2.98. The van der Waals surface area contributed by atoms with Crippen molar-refractivity contribution < 1.29 is 9.84 Å². The molecule has 1 aromatic carbocycles. The molecule has 0 radical (unpaired) electrons. The normalized spacial score (nSPS) is 12.1. The Morgan fingerprint density at radius 1 is 1.26 bits per heavy atom. The summed E-state index contributed by atoms with van der Waals surface area (Å²) in [7, 11) is 1.64. The number of aromatic nitrogens is 1. The molecular formula is C15H18N2O2. The number of nitrogens with zero attached hydrogens (tertiary/aromatic N) is 1. The molecule has 1 heterocycles. The van der Waals surface area contributed by atoms with Crippen molar-refractivity contribution in [2.75, 3.05) is 13.7 Å². The lowest BCUT2D eigenvalue weighted by molar-refractivity contribution is 0.243. The zero-order valence-corrected chi connectivity index (χ0v) is 10.9. The number of pyridine rings is 1. The van der Waals surface area contributed by atoms with Crippen LogP contribution in [0.5, 0.6) is 5.75 Å². The number of rotatable bonds is 6. The zero-order valence-electron chi connectivity index (χ0n) is 10.9. The Labute approximate surface area is 113 Å². The molecule has 4 heteroatoms. The van der Waals surface area contributed by atoms with Crippen LogP contribution in [0, 0.1) is 0 Å². The highest BCUT2D eigenvalue weighted by molar-refractivity contribution is 5.30. The summed E-state index contributed by atoms with van der Waals surface area (Å²) in [5.41, 5.74) is 2.15. The molecule has 0 aliphatic carbocycles. The Bertz CT molecular complexity index is 503. The number of hydrogen-bond acceptors (Lipinski definition) is 4. The summed E-state index contributed by atoms with van der Waals surface area (Å²) in [6.07, 6.45) is 3.52. The second-order valence-electron chi connectivity index (χ2n) is 4.25. The molecule has 2 N–H and O–H groups in total. The lowest BCUT2D eigenvalue weighted by Crippen LogP contribution is -2.24. The Morgan fingerprint density at radius 3 is 2.74 bits per heavy atom. The Balaban J connectivity index is 2.03. The number of methoxy groups -OCH3 is 1. The Morgan fingerprint density at radius 2 is 2.05 bits per heavy atom. The molecule has 1 aromatic heterocycles. The summed E-state index contributed by atoms with van der Waals surface area (Å²) < 4.78 is 5.19. The number of aliphatic hydroxyl groups is 1. The molecule has 1 unspecified atom stereocenters. The molecule has 0 spiro atoms. The minimum Gasteiger partial charge on any atom is -0.497 e. The van der Waals surface area contributed by atoms with E-state index in [1.54, 1.807) is 19.5 Å². The van der Waals surface area contributed by atoms with E-state index in [1.165, 1.54) is 0 Å². The van der Waals surface area contributed by atoms with Crippen molar-refractivity contribution in [3.63, 3.8) is 0 Å². The molecule has 2 aromatic rings. The molecule has 0 saturated carbocycles. The van der Waals surface area contributed by atoms with E-state index in [4.69, 9.17) is 4.74 Å². The van der Waals surface area contributed by atoms with Crippen molar-refractivity contribution in [3.8, 4) is 5.75 Å². The van der Waals surface area contributed by atoms with Gasteiger partial charge in [0.1, 0.15) is 5.75 Å². The number of benzene rings is 1. The fraction of sp³-hybridized carbons (Fsp3) is 0.267. The predicted molar refractivity (Wildman–Crippen MR) is 73.9 cm³/mol. The maximum atomic E-state index is 9.51. The molecule has 2 rings (SSSR count). The van der Waals surface area contributed by atoms with E-state index in [0.29, 0.717) is 6.54 Å². The summed E-state index contributed by atoms with van der Waals surface area (Å²) in [6.45, 7) is 0.725. The SMILES string of the molecule is COc1cccc(C(CO)NCc2ccncc2)c1. The van der Waals surface area contributed by atoms with Gasteiger partial charge in [-0.2, -0.15) is 0 Å². The third kappa shape index (κ3) is 3.77. The summed E-state index contributed by atoms with van der Waals surface area (Å²) in [4.78, 5) is 3.98. The molecule has 100 valence electrons. The summed E-state index contributed by atoms with van der Waals surface area (Å²) in [6, 6.07) is 11.5. The number of hydrogen-bond donors (Lipinski definition) is 2. The average molecular weight is 258 g/mol. The lowest BCUT2D eigenvalue weighted by atomic mass is 10.1. The third-order valence-electron chi connectivity index (χ3n) is 2.98. The molecule has 0 saturated heterocycles. The van der Waals surface area contributed by atoms with E-state index < -0.39 is 0 Å². The largest absolute Gasteiger partial charge is 0.497 e. The van der Waals surface area contributed by atoms with Crippen LogP contribution in [0.3, 0.4) is 0 Å². The highest BCUT2D eigenvalue weighted by Crippen LogP contribution is 2.19. The monoisotopic (exact) mass is 258 g/mol. The van der Waals surface area contributed by atoms with Crippen LogP contribution in [0.25, 0.3) is 0 Å². The Hall–Kier alpha value is -1.91. The first-order chi connectivity index (χ1) is 9.33. The van der Waals surface area contributed by atoms with Gasteiger partial charge in [-0.25, -0.2) is 0 Å². The van der Waals surface area contributed by atoms with E-state index in [-0.39, 0.29) is 12.6 Å². The van der Waals surface area contributed by atoms with Gasteiger partial charge >= 0.3 is 0 Å². The molecule has 4 nitrogen and oxygen atoms in total. The minimum absolute atomic E-state index is 0.0399. The highest BCUT2D eigenvalue weighted by Gasteiger charge is 2.10. The predicted octanol–water partition coefficient (Wildman–Crippen LogP) is 1.91. The van der Waals surface area contributed by atoms with Gasteiger partial charge in [-0.3, -0.25) is 4.98 Å². The number of aliphatic hydroxyl groups excluding tert-OH is 1. The van der Waals surface area contributed by atoms with Crippen LogP contribution < -0.4 is 10.1 Å². The van der Waals surface area contributed by atoms with Gasteiger partial charge in [0, 0.05) is 18.9 Å². The van der Waals surface area contributed by atoms with Crippen LogP contribution in [-0.2, 0) is 6.54 Å². The van der Waals surface area contributed by atoms with Gasteiger partial charge in [-0.05, 0) is 35.4 Å². The van der Waals surface area contributed by atoms with E-state index >= 15 is 0 Å². The van der Waals surface area contributed by atoms with Crippen molar-refractivity contribution in [2.45, 2.75) is 12.6 Å². The number of nitrogens with one attached hydrogen (secondary N) is 1. The topological polar surface area (TPSA) is 54.4 Å². The van der Waals surface area contributed by atoms with Gasteiger partial charge in [0.15, 0.2) is 0 Å². The molecule has 19 heavy (non-hydrogen) atoms. The van der Waals surface area contributed by atoms with Crippen molar-refractivity contribution in [2.24, 2.45) is 0 Å². The molecule has 0 aliphatic rings. The van der Waals surface area contributed by atoms with Crippen LogP contribution in [0.4, 0.5) is 0 Å². The van der Waals surface area contributed by atoms with Gasteiger partial charge in [0.05, 0.1) is 19.8 Å². The van der Waals surface area contributed by atoms with Gasteiger partial charge in [0.2, 0.25) is 0 Å². The second-order valence-corrected chi connectivity index (χ2v) is 4.25. The first kappa shape index (κ1) is 13.5. The maximum absolute atomic E-state index is 9.51. The minimum atomic E-state index is -0.108. The maximum Gasteiger partial charge on any atom is 0.119 e. The fourth-order valence-corrected chi connectivity index (χ4v) is 1.89. The van der Waals surface area contributed by atoms with Crippen LogP contribution in [0.15, 0.2) is 48.8 Å². The average Bonchev–Trinajstić information content (AvgIpc) is 2.49. The first-order valence-corrected chi connectivity index (χ1v) is 6.20. The smallest absolute Gasteiger partial charge is 0.119 e. The van der Waals surface area contributed by atoms with Crippen molar-refractivity contribution in [3.05, 3.63) is 59.9 Å². The molecule has 1 atom stereocenters. The summed E-state index contributed by atoms with van der Waals surface area (Å²) in [5, 5.41) is 12.8. The van der Waals surface area contributed by atoms with Crippen molar-refractivity contribution >= 4 is 0 Å². The van der Waals surface area contributed by atoms with Crippen molar-refractivity contribution in [1.29, 1.82) is 0 Å². The van der Waals surface area contributed by atoms with Crippen LogP contribution >= 0.6 is 0 Å². The summed E-state index contributed by atoms with van der Waals surface area (Å²) >= 11 is 0. The Kier molecular flexibility index (Phi) is 4.89. The van der Waals surface area contributed by atoms with E-state index in [0.717, 1.165) is 16.9 Å². The van der Waals surface area contributed by atoms with Crippen molar-refractivity contribution in [1.82, 2.24) is 10.3 Å². The molecule has 0 bridgehead atoms. The van der Waals surface area contributed by atoms with Gasteiger partial charge in [-0.1, -0.05) is 12.1 Å². The summed E-state index contributed by atoms with van der Waals surface area (Å²) in [5.74, 6) is 0.793. The second kappa shape index (κ2) is 6.87. The standard InChI is InChI=1S/C15H18N2O2/c1-19-14-4-2-3-13(9-14)15(11-18)17-10-12-5-7-16-8-6-12/h2-9,15,17-18H,10-11H2,1H3. The van der Waals surface area contributed by atoms with Crippen LogP contribution in [0.1, 0.15) is 17.2 Å².